The Bertz CT molecular complexity index is 174. The van der Waals surface area contributed by atoms with Crippen molar-refractivity contribution in [2.45, 2.75) is 0 Å². The van der Waals surface area contributed by atoms with Gasteiger partial charge in [-0.05, 0) is 12.2 Å². The lowest BCUT2D eigenvalue weighted by molar-refractivity contribution is 0.267. The SMILES string of the molecule is NC(=O)[S+]1C=CC=CC1. The zero-order valence-corrected chi connectivity index (χ0v) is 5.73. The lowest BCUT2D eigenvalue weighted by Crippen LogP contribution is -2.22. The molecule has 1 rings (SSSR count). The number of primary amides is 1. The molecule has 0 radical (unpaired) electrons. The van der Waals surface area contributed by atoms with Crippen molar-refractivity contribution in [1.82, 2.24) is 0 Å². The molecule has 48 valence electrons. The summed E-state index contributed by atoms with van der Waals surface area (Å²) in [5.74, 6) is 0.784. The molecule has 2 nitrogen and oxygen atoms in total. The molecule has 1 amide bonds. The molecule has 9 heavy (non-hydrogen) atoms. The molecule has 1 atom stereocenters. The minimum absolute atomic E-state index is 0.212. The molecular formula is C6H8NOS+. The molecule has 1 heterocycles. The van der Waals surface area contributed by atoms with E-state index in [-0.39, 0.29) is 16.1 Å². The molecule has 0 saturated carbocycles. The largest absolute Gasteiger partial charge is 0.432 e. The standard InChI is InChI=1S/C6H7NOS/c7-6(8)9-4-2-1-3-5-9/h1-4H,5H2,(H-,7,8)/p+1. The maximum absolute atomic E-state index is 10.5. The normalized spacial score (nSPS) is 24.2. The quantitative estimate of drug-likeness (QED) is 0.499. The first-order valence-electron chi connectivity index (χ1n) is 2.63. The van der Waals surface area contributed by atoms with Crippen molar-refractivity contribution in [2.75, 3.05) is 5.75 Å². The zero-order chi connectivity index (χ0) is 6.69. The van der Waals surface area contributed by atoms with Gasteiger partial charge in [0.2, 0.25) is 0 Å². The predicted octanol–water partition coefficient (Wildman–Crippen LogP) is 0.767. The Morgan fingerprint density at radius 3 is 2.67 bits per heavy atom. The van der Waals surface area contributed by atoms with Crippen molar-refractivity contribution < 1.29 is 4.79 Å². The summed E-state index contributed by atoms with van der Waals surface area (Å²) in [6.07, 6.45) is 5.73. The number of carbonyl (C=O) groups is 1. The Morgan fingerprint density at radius 1 is 1.56 bits per heavy atom. The molecule has 0 saturated heterocycles. The first-order valence-corrected chi connectivity index (χ1v) is 4.09. The van der Waals surface area contributed by atoms with Crippen LogP contribution < -0.4 is 5.73 Å². The maximum Gasteiger partial charge on any atom is 0.432 e. The minimum Gasteiger partial charge on any atom is -0.324 e. The Kier molecular flexibility index (Phi) is 1.95. The van der Waals surface area contributed by atoms with E-state index in [2.05, 4.69) is 0 Å². The number of amides is 1. The highest BCUT2D eigenvalue weighted by Crippen LogP contribution is 2.04. The summed E-state index contributed by atoms with van der Waals surface area (Å²) in [6, 6.07) is 0. The van der Waals surface area contributed by atoms with Crippen molar-refractivity contribution in [2.24, 2.45) is 5.73 Å². The average Bonchev–Trinajstić information content (AvgIpc) is 1.90. The predicted molar refractivity (Wildman–Crippen MR) is 40.1 cm³/mol. The molecule has 0 aromatic carbocycles. The van der Waals surface area contributed by atoms with Gasteiger partial charge in [0.1, 0.15) is 22.1 Å². The van der Waals surface area contributed by atoms with E-state index < -0.39 is 0 Å². The van der Waals surface area contributed by atoms with Gasteiger partial charge in [-0.1, -0.05) is 6.08 Å². The molecule has 1 unspecified atom stereocenters. The lowest BCUT2D eigenvalue weighted by atomic mass is 10.5. The van der Waals surface area contributed by atoms with Crippen LogP contribution >= 0.6 is 0 Å². The molecule has 0 aromatic heterocycles. The third kappa shape index (κ3) is 1.61. The van der Waals surface area contributed by atoms with Crippen LogP contribution in [-0.4, -0.2) is 11.0 Å². The van der Waals surface area contributed by atoms with Crippen molar-refractivity contribution in [3.63, 3.8) is 0 Å². The maximum atomic E-state index is 10.5. The number of allylic oxidation sites excluding steroid dienone is 2. The number of carbonyl (C=O) groups excluding carboxylic acids is 1. The van der Waals surface area contributed by atoms with Crippen LogP contribution in [0.5, 0.6) is 0 Å². The first-order chi connectivity index (χ1) is 4.30. The molecular weight excluding hydrogens is 134 g/mol. The van der Waals surface area contributed by atoms with Gasteiger partial charge in [-0.2, -0.15) is 0 Å². The monoisotopic (exact) mass is 142 g/mol. The summed E-state index contributed by atoms with van der Waals surface area (Å²) in [7, 11) is -0.325. The zero-order valence-electron chi connectivity index (χ0n) is 4.91. The number of rotatable bonds is 0. The molecule has 0 aromatic rings. The van der Waals surface area contributed by atoms with Gasteiger partial charge in [0.15, 0.2) is 0 Å². The van der Waals surface area contributed by atoms with Gasteiger partial charge >= 0.3 is 5.24 Å². The lowest BCUT2D eigenvalue weighted by Gasteiger charge is -1.95. The van der Waals surface area contributed by atoms with Crippen molar-refractivity contribution in [3.05, 3.63) is 23.6 Å². The molecule has 0 fully saturated rings. The minimum atomic E-state index is -0.325. The summed E-state index contributed by atoms with van der Waals surface area (Å²) in [6.45, 7) is 0. The Hall–Kier alpha value is -0.700. The smallest absolute Gasteiger partial charge is 0.324 e. The molecule has 3 heteroatoms. The van der Waals surface area contributed by atoms with E-state index in [1.54, 1.807) is 0 Å². The Morgan fingerprint density at radius 2 is 2.33 bits per heavy atom. The summed E-state index contributed by atoms with van der Waals surface area (Å²) in [5, 5.41) is 1.64. The van der Waals surface area contributed by atoms with E-state index in [0.29, 0.717) is 0 Å². The van der Waals surface area contributed by atoms with Gasteiger partial charge in [-0.15, -0.1) is 0 Å². The molecule has 0 spiro atoms. The van der Waals surface area contributed by atoms with Gasteiger partial charge in [0, 0.05) is 0 Å². The first kappa shape index (κ1) is 6.42. The number of nitrogens with two attached hydrogens (primary N) is 1. The van der Waals surface area contributed by atoms with Crippen LogP contribution in [0.25, 0.3) is 0 Å². The van der Waals surface area contributed by atoms with Gasteiger partial charge in [0.25, 0.3) is 0 Å². The van der Waals surface area contributed by atoms with Gasteiger partial charge in [0.05, 0.1) is 0 Å². The summed E-state index contributed by atoms with van der Waals surface area (Å²) < 4.78 is 0. The Balaban J connectivity index is 2.56. The van der Waals surface area contributed by atoms with Crippen molar-refractivity contribution in [1.29, 1.82) is 0 Å². The van der Waals surface area contributed by atoms with E-state index >= 15 is 0 Å². The van der Waals surface area contributed by atoms with Gasteiger partial charge in [-0.3, -0.25) is 0 Å². The molecule has 1 aliphatic rings. The summed E-state index contributed by atoms with van der Waals surface area (Å²) >= 11 is 0. The second kappa shape index (κ2) is 2.73. The fourth-order valence-corrected chi connectivity index (χ4v) is 1.59. The van der Waals surface area contributed by atoms with E-state index in [1.165, 1.54) is 0 Å². The molecule has 1 aliphatic heterocycles. The van der Waals surface area contributed by atoms with E-state index in [1.807, 2.05) is 23.6 Å². The highest BCUT2D eigenvalue weighted by atomic mass is 32.2. The fraction of sp³-hybridized carbons (Fsp3) is 0.167. The van der Waals surface area contributed by atoms with Crippen LogP contribution in [0, 0.1) is 0 Å². The highest BCUT2D eigenvalue weighted by Gasteiger charge is 2.21. The van der Waals surface area contributed by atoms with Crippen molar-refractivity contribution >= 4 is 16.1 Å². The third-order valence-electron chi connectivity index (χ3n) is 1.02. The Labute approximate surface area is 56.8 Å². The van der Waals surface area contributed by atoms with E-state index in [9.17, 15) is 4.79 Å². The third-order valence-corrected chi connectivity index (χ3v) is 2.58. The van der Waals surface area contributed by atoms with Crippen LogP contribution in [0.4, 0.5) is 4.79 Å². The average molecular weight is 142 g/mol. The van der Waals surface area contributed by atoms with Crippen LogP contribution in [-0.2, 0) is 10.9 Å². The highest BCUT2D eigenvalue weighted by molar-refractivity contribution is 8.13. The van der Waals surface area contributed by atoms with E-state index in [0.717, 1.165) is 5.75 Å². The topological polar surface area (TPSA) is 43.1 Å². The second-order valence-electron chi connectivity index (χ2n) is 1.67. The fourth-order valence-electron chi connectivity index (χ4n) is 0.583. The summed E-state index contributed by atoms with van der Waals surface area (Å²) in [5.41, 5.74) is 5.06. The van der Waals surface area contributed by atoms with Crippen LogP contribution in [0.3, 0.4) is 0 Å². The molecule has 2 N–H and O–H groups in total. The van der Waals surface area contributed by atoms with Crippen molar-refractivity contribution in [3.8, 4) is 0 Å². The second-order valence-corrected chi connectivity index (χ2v) is 3.54. The number of hydrogen-bond acceptors (Lipinski definition) is 1. The molecule has 0 bridgehead atoms. The van der Waals surface area contributed by atoms with Gasteiger partial charge in [-0.25, -0.2) is 4.79 Å². The van der Waals surface area contributed by atoms with Gasteiger partial charge < -0.3 is 5.73 Å². The van der Waals surface area contributed by atoms with Crippen LogP contribution in [0.15, 0.2) is 23.6 Å². The number of hydrogen-bond donors (Lipinski definition) is 1. The van der Waals surface area contributed by atoms with Crippen LogP contribution in [0.2, 0.25) is 0 Å². The molecule has 0 aliphatic carbocycles. The summed E-state index contributed by atoms with van der Waals surface area (Å²) in [4.78, 5) is 10.5. The van der Waals surface area contributed by atoms with Crippen LogP contribution in [0.1, 0.15) is 0 Å². The van der Waals surface area contributed by atoms with E-state index in [4.69, 9.17) is 5.73 Å².